The lowest BCUT2D eigenvalue weighted by Gasteiger charge is -2.23. The summed E-state index contributed by atoms with van der Waals surface area (Å²) in [5.74, 6) is 0.373. The monoisotopic (exact) mass is 343 g/mol. The largest absolute Gasteiger partial charge is 0.270 e. The highest BCUT2D eigenvalue weighted by atomic mass is 35.5. The van der Waals surface area contributed by atoms with E-state index in [1.54, 1.807) is 24.3 Å². The van der Waals surface area contributed by atoms with Gasteiger partial charge in [0.15, 0.2) is 5.82 Å². The first-order valence-electron chi connectivity index (χ1n) is 6.73. The molecule has 6 heteroatoms. The Morgan fingerprint density at radius 1 is 1.13 bits per heavy atom. The predicted molar refractivity (Wildman–Crippen MR) is 92.1 cm³/mol. The Kier molecular flexibility index (Phi) is 4.35. The fraction of sp³-hybridized carbons (Fsp3) is 0.0588. The van der Waals surface area contributed by atoms with Gasteiger partial charge in [0.1, 0.15) is 6.07 Å². The molecule has 2 aromatic carbocycles. The van der Waals surface area contributed by atoms with Crippen LogP contribution < -0.4 is 5.06 Å². The van der Waals surface area contributed by atoms with Crippen LogP contribution in [0.3, 0.4) is 0 Å². The van der Waals surface area contributed by atoms with Crippen LogP contribution in [-0.2, 0) is 4.84 Å². The molecule has 114 valence electrons. The van der Waals surface area contributed by atoms with E-state index in [0.29, 0.717) is 27.1 Å². The summed E-state index contributed by atoms with van der Waals surface area (Å²) in [4.78, 5) is 9.97. The Balaban J connectivity index is 2.21. The normalized spacial score (nSPS) is 10.5. The van der Waals surface area contributed by atoms with Crippen molar-refractivity contribution in [2.24, 2.45) is 0 Å². The van der Waals surface area contributed by atoms with E-state index in [-0.39, 0.29) is 0 Å². The molecule has 0 amide bonds. The fourth-order valence-corrected chi connectivity index (χ4v) is 2.77. The van der Waals surface area contributed by atoms with Gasteiger partial charge in [-0.2, -0.15) is 5.26 Å². The summed E-state index contributed by atoms with van der Waals surface area (Å²) in [5.41, 5.74) is 1.70. The van der Waals surface area contributed by atoms with E-state index in [2.05, 4.69) is 11.1 Å². The molecule has 0 fully saturated rings. The molecule has 0 atom stereocenters. The third-order valence-corrected chi connectivity index (χ3v) is 3.87. The van der Waals surface area contributed by atoms with Gasteiger partial charge in [-0.1, -0.05) is 41.4 Å². The maximum Gasteiger partial charge on any atom is 0.176 e. The molecular formula is C17H11Cl2N3O. The summed E-state index contributed by atoms with van der Waals surface area (Å²) in [6, 6.07) is 16.5. The average Bonchev–Trinajstić information content (AvgIpc) is 2.56. The van der Waals surface area contributed by atoms with Gasteiger partial charge in [-0.15, -0.1) is 0 Å². The molecule has 0 unspecified atom stereocenters. The third kappa shape index (κ3) is 2.95. The molecule has 4 nitrogen and oxygen atoms in total. The molecule has 0 saturated heterocycles. The molecule has 0 N–H and O–H groups in total. The van der Waals surface area contributed by atoms with E-state index in [0.717, 1.165) is 10.9 Å². The zero-order valence-corrected chi connectivity index (χ0v) is 13.6. The van der Waals surface area contributed by atoms with Gasteiger partial charge in [0.05, 0.1) is 28.9 Å². The molecule has 0 spiro atoms. The third-order valence-electron chi connectivity index (χ3n) is 3.33. The minimum absolute atomic E-state index is 0.373. The van der Waals surface area contributed by atoms with Gasteiger partial charge in [0, 0.05) is 10.4 Å². The van der Waals surface area contributed by atoms with Crippen LogP contribution in [0.2, 0.25) is 10.0 Å². The Morgan fingerprint density at radius 2 is 1.91 bits per heavy atom. The molecule has 23 heavy (non-hydrogen) atoms. The van der Waals surface area contributed by atoms with Crippen molar-refractivity contribution in [1.29, 1.82) is 5.26 Å². The number of fused-ring (bicyclic) bond motifs is 1. The average molecular weight is 344 g/mol. The smallest absolute Gasteiger partial charge is 0.176 e. The van der Waals surface area contributed by atoms with Crippen LogP contribution in [-0.4, -0.2) is 12.1 Å². The molecule has 1 heterocycles. The molecule has 1 aromatic heterocycles. The van der Waals surface area contributed by atoms with E-state index in [1.165, 1.54) is 12.2 Å². The first-order chi connectivity index (χ1) is 11.1. The molecular weight excluding hydrogens is 333 g/mol. The van der Waals surface area contributed by atoms with Gasteiger partial charge in [-0.25, -0.2) is 10.0 Å². The molecule has 3 rings (SSSR count). The summed E-state index contributed by atoms with van der Waals surface area (Å²) in [5, 5.41) is 12.7. The quantitative estimate of drug-likeness (QED) is 0.619. The minimum Gasteiger partial charge on any atom is -0.270 e. The number of pyridine rings is 1. The first-order valence-corrected chi connectivity index (χ1v) is 7.49. The van der Waals surface area contributed by atoms with Gasteiger partial charge < -0.3 is 0 Å². The van der Waals surface area contributed by atoms with Gasteiger partial charge >= 0.3 is 0 Å². The van der Waals surface area contributed by atoms with Gasteiger partial charge in [0.2, 0.25) is 0 Å². The number of nitrogens with zero attached hydrogens (tertiary/aromatic N) is 3. The number of aromatic nitrogens is 1. The number of hydrogen-bond donors (Lipinski definition) is 0. The number of rotatable bonds is 3. The molecule has 0 radical (unpaired) electrons. The highest BCUT2D eigenvalue weighted by Crippen LogP contribution is 2.35. The van der Waals surface area contributed by atoms with E-state index in [9.17, 15) is 5.26 Å². The first kappa shape index (κ1) is 15.6. The number of halogens is 2. The Labute approximate surface area is 143 Å². The van der Waals surface area contributed by atoms with Crippen LogP contribution in [0.25, 0.3) is 10.9 Å². The molecule has 0 aliphatic heterocycles. The van der Waals surface area contributed by atoms with Gasteiger partial charge in [-0.05, 0) is 30.3 Å². The second-order valence-corrected chi connectivity index (χ2v) is 5.58. The Hall–Kier alpha value is -2.32. The number of anilines is 2. The number of nitriles is 1. The Bertz CT molecular complexity index is 921. The van der Waals surface area contributed by atoms with E-state index in [4.69, 9.17) is 28.0 Å². The van der Waals surface area contributed by atoms with Crippen molar-refractivity contribution in [2.45, 2.75) is 0 Å². The zero-order valence-electron chi connectivity index (χ0n) is 12.1. The summed E-state index contributed by atoms with van der Waals surface area (Å²) >= 11 is 12.2. The molecule has 0 saturated carbocycles. The second-order valence-electron chi connectivity index (χ2n) is 4.74. The van der Waals surface area contributed by atoms with Crippen LogP contribution in [0.4, 0.5) is 11.5 Å². The van der Waals surface area contributed by atoms with Crippen molar-refractivity contribution in [1.82, 2.24) is 4.98 Å². The second kappa shape index (κ2) is 6.43. The van der Waals surface area contributed by atoms with Crippen molar-refractivity contribution < 1.29 is 4.84 Å². The standard InChI is InChI=1S/C17H11Cl2N3O/c1-23-22(16-7-6-13(18)9-14(16)19)17-12(10-20)8-11-4-2-3-5-15(11)21-17/h2-9H,1H3. The van der Waals surface area contributed by atoms with E-state index >= 15 is 0 Å². The van der Waals surface area contributed by atoms with Crippen molar-refractivity contribution in [3.63, 3.8) is 0 Å². The van der Waals surface area contributed by atoms with Crippen LogP contribution >= 0.6 is 23.2 Å². The van der Waals surface area contributed by atoms with Crippen LogP contribution in [0.5, 0.6) is 0 Å². The van der Waals surface area contributed by atoms with Gasteiger partial charge in [-0.3, -0.25) is 4.84 Å². The highest BCUT2D eigenvalue weighted by molar-refractivity contribution is 6.36. The lowest BCUT2D eigenvalue weighted by Crippen LogP contribution is -2.18. The van der Waals surface area contributed by atoms with E-state index < -0.39 is 0 Å². The lowest BCUT2D eigenvalue weighted by atomic mass is 10.1. The van der Waals surface area contributed by atoms with Crippen molar-refractivity contribution in [3.05, 3.63) is 64.1 Å². The Morgan fingerprint density at radius 3 is 2.61 bits per heavy atom. The summed E-state index contributed by atoms with van der Waals surface area (Å²) < 4.78 is 0. The molecule has 0 aliphatic rings. The van der Waals surface area contributed by atoms with Crippen LogP contribution in [0, 0.1) is 11.3 Å². The van der Waals surface area contributed by atoms with Crippen LogP contribution in [0.1, 0.15) is 5.56 Å². The highest BCUT2D eigenvalue weighted by Gasteiger charge is 2.19. The number of benzene rings is 2. The number of hydrogen-bond acceptors (Lipinski definition) is 4. The maximum absolute atomic E-state index is 9.46. The van der Waals surface area contributed by atoms with Gasteiger partial charge in [0.25, 0.3) is 0 Å². The summed E-state index contributed by atoms with van der Waals surface area (Å²) in [6.07, 6.45) is 0. The maximum atomic E-state index is 9.46. The van der Waals surface area contributed by atoms with Crippen LogP contribution in [0.15, 0.2) is 48.5 Å². The lowest BCUT2D eigenvalue weighted by molar-refractivity contribution is 0.199. The fourth-order valence-electron chi connectivity index (χ4n) is 2.29. The SMILES string of the molecule is CON(c1ccc(Cl)cc1Cl)c1nc2ccccc2cc1C#N. The zero-order chi connectivity index (χ0) is 16.4. The molecule has 0 aliphatic carbocycles. The predicted octanol–water partition coefficient (Wildman–Crippen LogP) is 5.11. The topological polar surface area (TPSA) is 49.1 Å². The minimum atomic E-state index is 0.373. The van der Waals surface area contributed by atoms with E-state index in [1.807, 2.05) is 24.3 Å². The molecule has 0 bridgehead atoms. The molecule has 3 aromatic rings. The summed E-state index contributed by atoms with van der Waals surface area (Å²) in [6.45, 7) is 0. The summed E-state index contributed by atoms with van der Waals surface area (Å²) in [7, 11) is 1.49. The van der Waals surface area contributed by atoms with Crippen molar-refractivity contribution in [3.8, 4) is 6.07 Å². The van der Waals surface area contributed by atoms with Crippen molar-refractivity contribution >= 4 is 45.6 Å². The number of para-hydroxylation sites is 1. The van der Waals surface area contributed by atoms with Crippen molar-refractivity contribution in [2.75, 3.05) is 12.2 Å².